The smallest absolute Gasteiger partial charge is 0.279 e. The Morgan fingerprint density at radius 1 is 1.24 bits per heavy atom. The Morgan fingerprint density at radius 3 is 2.62 bits per heavy atom. The number of aryl methyl sites for hydroxylation is 2. The van der Waals surface area contributed by atoms with Gasteiger partial charge in [-0.3, -0.25) is 24.1 Å². The third kappa shape index (κ3) is 3.95. The molecule has 10 nitrogen and oxygen atoms in total. The second-order valence-corrected chi connectivity index (χ2v) is 7.76. The first-order chi connectivity index (χ1) is 16.3. The Hall–Kier alpha value is -4.65. The molecular weight excluding hydrogens is 436 g/mol. The van der Waals surface area contributed by atoms with Gasteiger partial charge in [0.05, 0.1) is 15.9 Å². The average molecular weight is 456 g/mol. The van der Waals surface area contributed by atoms with E-state index in [-0.39, 0.29) is 33.2 Å². The van der Waals surface area contributed by atoms with Crippen LogP contribution in [-0.4, -0.2) is 24.8 Å². The molecule has 1 amide bonds. The molecule has 3 heterocycles. The highest BCUT2D eigenvalue weighted by Gasteiger charge is 2.16. The van der Waals surface area contributed by atoms with E-state index in [4.69, 9.17) is 4.98 Å². The van der Waals surface area contributed by atoms with Gasteiger partial charge in [0.15, 0.2) is 5.49 Å². The molecule has 34 heavy (non-hydrogen) atoms. The van der Waals surface area contributed by atoms with Gasteiger partial charge >= 0.3 is 0 Å². The highest BCUT2D eigenvalue weighted by atomic mass is 16.6. The van der Waals surface area contributed by atoms with Gasteiger partial charge in [-0.15, -0.1) is 0 Å². The van der Waals surface area contributed by atoms with Crippen molar-refractivity contribution in [1.29, 1.82) is 5.26 Å². The number of hydrogen-bond donors (Lipinski definition) is 0. The number of amides is 1. The molecule has 4 rings (SSSR count). The van der Waals surface area contributed by atoms with Crippen LogP contribution < -0.4 is 11.0 Å². The molecule has 0 saturated heterocycles. The van der Waals surface area contributed by atoms with E-state index in [0.717, 1.165) is 12.0 Å². The van der Waals surface area contributed by atoms with Crippen molar-refractivity contribution >= 4 is 28.3 Å². The number of fused-ring (bicyclic) bond motifs is 2. The van der Waals surface area contributed by atoms with Gasteiger partial charge in [0.25, 0.3) is 17.2 Å². The predicted octanol–water partition coefficient (Wildman–Crippen LogP) is 3.28. The van der Waals surface area contributed by atoms with E-state index in [0.29, 0.717) is 24.3 Å². The first-order valence-electron chi connectivity index (χ1n) is 10.6. The van der Waals surface area contributed by atoms with E-state index < -0.39 is 10.8 Å². The summed E-state index contributed by atoms with van der Waals surface area (Å²) < 4.78 is 3.07. The van der Waals surface area contributed by atoms with E-state index >= 15 is 0 Å². The van der Waals surface area contributed by atoms with Crippen molar-refractivity contribution in [3.05, 3.63) is 91.3 Å². The fraction of sp³-hybridized carbons (Fsp3) is 0.208. The normalized spacial score (nSPS) is 11.6. The van der Waals surface area contributed by atoms with Crippen molar-refractivity contribution in [3.63, 3.8) is 0 Å². The quantitative estimate of drug-likeness (QED) is 0.257. The number of carbonyl (C=O) groups excluding carboxylic acids is 1. The summed E-state index contributed by atoms with van der Waals surface area (Å²) in [4.78, 5) is 45.4. The van der Waals surface area contributed by atoms with Crippen LogP contribution in [0, 0.1) is 28.4 Å². The Morgan fingerprint density at radius 2 is 1.97 bits per heavy atom. The highest BCUT2D eigenvalue weighted by molar-refractivity contribution is 5.95. The van der Waals surface area contributed by atoms with Crippen LogP contribution in [0.15, 0.2) is 58.4 Å². The number of nitrogens with zero attached hydrogens (tertiary/aromatic N) is 6. The SMILES string of the molecule is CCCCn1c(=NC(=O)c2ccc([N+](=O)[O-])cc2)c(C#N)cc2c(=O)n3cccc(C)c3nc21. The lowest BCUT2D eigenvalue weighted by Crippen LogP contribution is -2.29. The van der Waals surface area contributed by atoms with Gasteiger partial charge in [0.2, 0.25) is 0 Å². The van der Waals surface area contributed by atoms with Crippen molar-refractivity contribution in [2.75, 3.05) is 0 Å². The third-order valence-corrected chi connectivity index (χ3v) is 5.49. The zero-order chi connectivity index (χ0) is 24.4. The Bertz CT molecular complexity index is 1620. The monoisotopic (exact) mass is 456 g/mol. The molecule has 0 aliphatic carbocycles. The molecule has 170 valence electrons. The van der Waals surface area contributed by atoms with Gasteiger partial charge in [0.1, 0.15) is 17.4 Å². The summed E-state index contributed by atoms with van der Waals surface area (Å²) in [6.45, 7) is 4.23. The Kier molecular flexibility index (Phi) is 6.01. The van der Waals surface area contributed by atoms with E-state index in [9.17, 15) is 25.0 Å². The fourth-order valence-electron chi connectivity index (χ4n) is 3.70. The third-order valence-electron chi connectivity index (χ3n) is 5.49. The van der Waals surface area contributed by atoms with Crippen molar-refractivity contribution in [2.45, 2.75) is 33.2 Å². The fourth-order valence-corrected chi connectivity index (χ4v) is 3.70. The van der Waals surface area contributed by atoms with Gasteiger partial charge in [-0.1, -0.05) is 19.4 Å². The molecule has 4 aromatic rings. The molecule has 0 aliphatic heterocycles. The zero-order valence-electron chi connectivity index (χ0n) is 18.6. The molecule has 10 heteroatoms. The number of non-ortho nitro benzene ring substituents is 1. The summed E-state index contributed by atoms with van der Waals surface area (Å²) in [5.74, 6) is -0.662. The molecule has 0 atom stereocenters. The topological polar surface area (TPSA) is 136 Å². The number of nitro benzene ring substituents is 1. The summed E-state index contributed by atoms with van der Waals surface area (Å²) >= 11 is 0. The number of aromatic nitrogens is 3. The molecule has 0 bridgehead atoms. The van der Waals surface area contributed by atoms with Crippen LogP contribution in [0.3, 0.4) is 0 Å². The molecule has 0 saturated carbocycles. The van der Waals surface area contributed by atoms with Crippen LogP contribution >= 0.6 is 0 Å². The van der Waals surface area contributed by atoms with Gasteiger partial charge in [-0.25, -0.2) is 4.98 Å². The predicted molar refractivity (Wildman–Crippen MR) is 124 cm³/mol. The lowest BCUT2D eigenvalue weighted by atomic mass is 10.2. The summed E-state index contributed by atoms with van der Waals surface area (Å²) in [6.07, 6.45) is 3.15. The van der Waals surface area contributed by atoms with Gasteiger partial charge in [-0.2, -0.15) is 10.3 Å². The van der Waals surface area contributed by atoms with Gasteiger partial charge in [-0.05, 0) is 43.2 Å². The molecule has 3 aromatic heterocycles. The Labute approximate surface area is 193 Å². The highest BCUT2D eigenvalue weighted by Crippen LogP contribution is 2.15. The number of benzene rings is 1. The van der Waals surface area contributed by atoms with Crippen LogP contribution in [0.1, 0.15) is 41.3 Å². The largest absolute Gasteiger partial charge is 0.309 e. The number of rotatable bonds is 5. The van der Waals surface area contributed by atoms with Crippen molar-refractivity contribution in [1.82, 2.24) is 14.0 Å². The maximum Gasteiger partial charge on any atom is 0.279 e. The minimum Gasteiger partial charge on any atom is -0.309 e. The van der Waals surface area contributed by atoms with Crippen LogP contribution in [0.4, 0.5) is 5.69 Å². The summed E-state index contributed by atoms with van der Waals surface area (Å²) in [6, 6.07) is 12.1. The molecule has 1 aromatic carbocycles. The summed E-state index contributed by atoms with van der Waals surface area (Å²) in [5, 5.41) is 21.0. The summed E-state index contributed by atoms with van der Waals surface area (Å²) in [5.41, 5.74) is 1.43. The van der Waals surface area contributed by atoms with E-state index in [2.05, 4.69) is 4.99 Å². The van der Waals surface area contributed by atoms with Gasteiger partial charge in [0, 0.05) is 30.4 Å². The minimum absolute atomic E-state index is 0.0605. The zero-order valence-corrected chi connectivity index (χ0v) is 18.6. The Balaban J connectivity index is 2.03. The van der Waals surface area contributed by atoms with E-state index in [1.807, 2.05) is 26.0 Å². The number of hydrogen-bond acceptors (Lipinski definition) is 6. The van der Waals surface area contributed by atoms with Crippen LogP contribution in [0.2, 0.25) is 0 Å². The van der Waals surface area contributed by atoms with Crippen LogP contribution in [-0.2, 0) is 6.54 Å². The number of nitro groups is 1. The number of unbranched alkanes of at least 4 members (excludes halogenated alkanes) is 1. The number of pyridine rings is 2. The molecular formula is C24H20N6O4. The minimum atomic E-state index is -0.662. The molecule has 0 fully saturated rings. The summed E-state index contributed by atoms with van der Waals surface area (Å²) in [7, 11) is 0. The van der Waals surface area contributed by atoms with Gasteiger partial charge < -0.3 is 4.57 Å². The number of nitriles is 1. The first-order valence-corrected chi connectivity index (χ1v) is 10.6. The molecule has 0 unspecified atom stereocenters. The maximum absolute atomic E-state index is 13.2. The first kappa shape index (κ1) is 22.5. The van der Waals surface area contributed by atoms with E-state index in [1.54, 1.807) is 16.8 Å². The second kappa shape index (κ2) is 9.07. The standard InChI is InChI=1S/C24H20N6O4/c1-3-4-11-28-21(27-23(31)16-7-9-18(10-8-16)30(33)34)17(14-25)13-19-22(28)26-20-15(2)6-5-12-29(20)24(19)32/h5-10,12-13H,3-4,11H2,1-2H3. The molecule has 0 aliphatic rings. The van der Waals surface area contributed by atoms with Crippen molar-refractivity contribution in [3.8, 4) is 6.07 Å². The lowest BCUT2D eigenvalue weighted by molar-refractivity contribution is -0.384. The van der Waals surface area contributed by atoms with Crippen molar-refractivity contribution < 1.29 is 9.72 Å². The molecule has 0 radical (unpaired) electrons. The van der Waals surface area contributed by atoms with Crippen molar-refractivity contribution in [2.24, 2.45) is 4.99 Å². The average Bonchev–Trinajstić information content (AvgIpc) is 2.84. The number of carbonyl (C=O) groups is 1. The van der Waals surface area contributed by atoms with E-state index in [1.165, 1.54) is 34.7 Å². The molecule has 0 N–H and O–H groups in total. The van der Waals surface area contributed by atoms with Crippen LogP contribution in [0.25, 0.3) is 16.7 Å². The van der Waals surface area contributed by atoms with Crippen LogP contribution in [0.5, 0.6) is 0 Å². The maximum atomic E-state index is 13.2. The lowest BCUT2D eigenvalue weighted by Gasteiger charge is -2.13. The molecule has 0 spiro atoms. The second-order valence-electron chi connectivity index (χ2n) is 7.76.